The Morgan fingerprint density at radius 1 is 1.31 bits per heavy atom. The van der Waals surface area contributed by atoms with Gasteiger partial charge in [0.1, 0.15) is 6.29 Å². The Hall–Kier alpha value is -0.410. The SMILES string of the molecule is CCCCCCCN1CCNCC1CC=O. The van der Waals surface area contributed by atoms with Crippen LogP contribution in [0.2, 0.25) is 0 Å². The smallest absolute Gasteiger partial charge is 0.121 e. The Balaban J connectivity index is 2.14. The number of carbonyl (C=O) groups is 1. The van der Waals surface area contributed by atoms with Gasteiger partial charge in [0, 0.05) is 32.1 Å². The number of aldehydes is 1. The summed E-state index contributed by atoms with van der Waals surface area (Å²) in [5.74, 6) is 0. The van der Waals surface area contributed by atoms with Crippen LogP contribution in [-0.2, 0) is 4.79 Å². The molecule has 1 aliphatic heterocycles. The summed E-state index contributed by atoms with van der Waals surface area (Å²) in [5, 5.41) is 3.36. The van der Waals surface area contributed by atoms with Gasteiger partial charge >= 0.3 is 0 Å². The van der Waals surface area contributed by atoms with E-state index < -0.39 is 0 Å². The molecule has 0 amide bonds. The van der Waals surface area contributed by atoms with Gasteiger partial charge in [0.15, 0.2) is 0 Å². The van der Waals surface area contributed by atoms with E-state index in [1.807, 2.05) is 0 Å². The van der Waals surface area contributed by atoms with Crippen LogP contribution < -0.4 is 5.32 Å². The number of hydrogen-bond donors (Lipinski definition) is 1. The van der Waals surface area contributed by atoms with E-state index in [9.17, 15) is 4.79 Å². The molecule has 0 radical (unpaired) electrons. The van der Waals surface area contributed by atoms with Crippen molar-refractivity contribution < 1.29 is 4.79 Å². The van der Waals surface area contributed by atoms with Crippen LogP contribution in [0.5, 0.6) is 0 Å². The maximum absolute atomic E-state index is 10.6. The van der Waals surface area contributed by atoms with Crippen molar-refractivity contribution in [1.82, 2.24) is 10.2 Å². The van der Waals surface area contributed by atoms with E-state index in [0.29, 0.717) is 12.5 Å². The average molecular weight is 226 g/mol. The number of nitrogens with zero attached hydrogens (tertiary/aromatic N) is 1. The minimum Gasteiger partial charge on any atom is -0.314 e. The molecule has 16 heavy (non-hydrogen) atoms. The summed E-state index contributed by atoms with van der Waals surface area (Å²) < 4.78 is 0. The molecule has 94 valence electrons. The largest absolute Gasteiger partial charge is 0.314 e. The molecule has 0 aromatic carbocycles. The molecule has 1 saturated heterocycles. The van der Waals surface area contributed by atoms with Crippen molar-refractivity contribution in [2.45, 2.75) is 51.5 Å². The molecule has 1 aliphatic rings. The number of piperazine rings is 1. The first-order valence-corrected chi connectivity index (χ1v) is 6.77. The third-order valence-electron chi connectivity index (χ3n) is 3.39. The van der Waals surface area contributed by atoms with Crippen LogP contribution in [0.3, 0.4) is 0 Å². The molecule has 0 bridgehead atoms. The zero-order chi connectivity index (χ0) is 11.6. The third kappa shape index (κ3) is 5.08. The lowest BCUT2D eigenvalue weighted by Gasteiger charge is -2.35. The first-order chi connectivity index (χ1) is 7.88. The number of carbonyl (C=O) groups excluding carboxylic acids is 1. The van der Waals surface area contributed by atoms with Gasteiger partial charge in [-0.1, -0.05) is 32.6 Å². The van der Waals surface area contributed by atoms with E-state index in [2.05, 4.69) is 17.1 Å². The van der Waals surface area contributed by atoms with E-state index >= 15 is 0 Å². The minimum absolute atomic E-state index is 0.442. The van der Waals surface area contributed by atoms with Crippen molar-refractivity contribution in [3.63, 3.8) is 0 Å². The summed E-state index contributed by atoms with van der Waals surface area (Å²) in [4.78, 5) is 13.1. The molecule has 1 heterocycles. The van der Waals surface area contributed by atoms with Crippen molar-refractivity contribution in [2.75, 3.05) is 26.2 Å². The van der Waals surface area contributed by atoms with E-state index in [1.165, 1.54) is 38.6 Å². The van der Waals surface area contributed by atoms with Crippen LogP contribution in [-0.4, -0.2) is 43.4 Å². The van der Waals surface area contributed by atoms with Crippen LogP contribution in [0.4, 0.5) is 0 Å². The molecule has 1 N–H and O–H groups in total. The maximum Gasteiger partial charge on any atom is 0.121 e. The Labute approximate surface area is 99.6 Å². The van der Waals surface area contributed by atoms with Gasteiger partial charge in [-0.15, -0.1) is 0 Å². The average Bonchev–Trinajstić information content (AvgIpc) is 2.31. The summed E-state index contributed by atoms with van der Waals surface area (Å²) in [7, 11) is 0. The first-order valence-electron chi connectivity index (χ1n) is 6.77. The van der Waals surface area contributed by atoms with Gasteiger partial charge in [0.25, 0.3) is 0 Å². The van der Waals surface area contributed by atoms with Crippen molar-refractivity contribution in [1.29, 1.82) is 0 Å². The second-order valence-corrected chi connectivity index (χ2v) is 4.71. The quantitative estimate of drug-likeness (QED) is 0.506. The first kappa shape index (κ1) is 13.7. The lowest BCUT2D eigenvalue weighted by molar-refractivity contribution is -0.109. The fraction of sp³-hybridized carbons (Fsp3) is 0.923. The monoisotopic (exact) mass is 226 g/mol. The molecule has 1 atom stereocenters. The predicted molar refractivity (Wildman–Crippen MR) is 67.7 cm³/mol. The van der Waals surface area contributed by atoms with Gasteiger partial charge in [-0.25, -0.2) is 0 Å². The Morgan fingerprint density at radius 3 is 2.88 bits per heavy atom. The van der Waals surface area contributed by atoms with Gasteiger partial charge in [-0.05, 0) is 13.0 Å². The number of nitrogens with one attached hydrogen (secondary N) is 1. The van der Waals surface area contributed by atoms with E-state index in [-0.39, 0.29) is 0 Å². The third-order valence-corrected chi connectivity index (χ3v) is 3.39. The highest BCUT2D eigenvalue weighted by Gasteiger charge is 2.20. The zero-order valence-electron chi connectivity index (χ0n) is 10.6. The van der Waals surface area contributed by atoms with Crippen LogP contribution in [0, 0.1) is 0 Å². The second-order valence-electron chi connectivity index (χ2n) is 4.71. The molecule has 3 heteroatoms. The molecule has 0 aromatic rings. The Kier molecular flexibility index (Phi) is 7.43. The standard InChI is InChI=1S/C13H26N2O/c1-2-3-4-5-6-9-15-10-8-14-12-13(15)7-11-16/h11,13-14H,2-10,12H2,1H3. The molecular formula is C13H26N2O. The van der Waals surface area contributed by atoms with Gasteiger partial charge < -0.3 is 10.1 Å². The molecule has 3 nitrogen and oxygen atoms in total. The Morgan fingerprint density at radius 2 is 2.12 bits per heavy atom. The fourth-order valence-electron chi connectivity index (χ4n) is 2.36. The topological polar surface area (TPSA) is 32.3 Å². The highest BCUT2D eigenvalue weighted by molar-refractivity contribution is 5.50. The molecule has 1 unspecified atom stereocenters. The predicted octanol–water partition coefficient (Wildman–Crippen LogP) is 1.82. The van der Waals surface area contributed by atoms with E-state index in [4.69, 9.17) is 0 Å². The van der Waals surface area contributed by atoms with Crippen molar-refractivity contribution >= 4 is 6.29 Å². The van der Waals surface area contributed by atoms with Crippen LogP contribution in [0.1, 0.15) is 45.4 Å². The summed E-state index contributed by atoms with van der Waals surface area (Å²) in [6, 6.07) is 0.442. The van der Waals surface area contributed by atoms with Crippen LogP contribution in [0.15, 0.2) is 0 Å². The highest BCUT2D eigenvalue weighted by atomic mass is 16.1. The van der Waals surface area contributed by atoms with Crippen LogP contribution >= 0.6 is 0 Å². The normalized spacial score (nSPS) is 22.2. The minimum atomic E-state index is 0.442. The molecule has 0 spiro atoms. The Bertz CT molecular complexity index is 185. The number of rotatable bonds is 8. The summed E-state index contributed by atoms with van der Waals surface area (Å²) in [6.45, 7) is 6.57. The highest BCUT2D eigenvalue weighted by Crippen LogP contribution is 2.09. The van der Waals surface area contributed by atoms with E-state index in [1.54, 1.807) is 0 Å². The van der Waals surface area contributed by atoms with E-state index in [0.717, 1.165) is 25.9 Å². The summed E-state index contributed by atoms with van der Waals surface area (Å²) in [6.07, 6.45) is 8.40. The lowest BCUT2D eigenvalue weighted by atomic mass is 10.1. The molecule has 1 rings (SSSR count). The summed E-state index contributed by atoms with van der Waals surface area (Å²) >= 11 is 0. The van der Waals surface area contributed by atoms with Crippen molar-refractivity contribution in [2.24, 2.45) is 0 Å². The second kappa shape index (κ2) is 8.71. The van der Waals surface area contributed by atoms with Gasteiger partial charge in [0.05, 0.1) is 0 Å². The molecular weight excluding hydrogens is 200 g/mol. The van der Waals surface area contributed by atoms with Crippen molar-refractivity contribution in [3.8, 4) is 0 Å². The molecule has 0 saturated carbocycles. The molecule has 0 aromatic heterocycles. The molecule has 0 aliphatic carbocycles. The van der Waals surface area contributed by atoms with Gasteiger partial charge in [-0.2, -0.15) is 0 Å². The fourth-order valence-corrected chi connectivity index (χ4v) is 2.36. The van der Waals surface area contributed by atoms with Gasteiger partial charge in [-0.3, -0.25) is 4.90 Å². The number of unbranched alkanes of at least 4 members (excludes halogenated alkanes) is 4. The zero-order valence-corrected chi connectivity index (χ0v) is 10.6. The van der Waals surface area contributed by atoms with Crippen molar-refractivity contribution in [3.05, 3.63) is 0 Å². The molecule has 1 fully saturated rings. The lowest BCUT2D eigenvalue weighted by Crippen LogP contribution is -2.51. The van der Waals surface area contributed by atoms with Crippen LogP contribution in [0.25, 0.3) is 0 Å². The number of hydrogen-bond acceptors (Lipinski definition) is 3. The van der Waals surface area contributed by atoms with Gasteiger partial charge in [0.2, 0.25) is 0 Å². The summed E-state index contributed by atoms with van der Waals surface area (Å²) in [5.41, 5.74) is 0. The maximum atomic E-state index is 10.6.